The van der Waals surface area contributed by atoms with Gasteiger partial charge in [-0.3, -0.25) is 9.59 Å². The second-order valence-corrected chi connectivity index (χ2v) is 7.21. The van der Waals surface area contributed by atoms with Crippen molar-refractivity contribution in [2.45, 2.75) is 58.6 Å². The van der Waals surface area contributed by atoms with Crippen LogP contribution < -0.4 is 5.32 Å². The summed E-state index contributed by atoms with van der Waals surface area (Å²) in [6.07, 6.45) is 2.75. The standard InChI is InChI=1S/C16H27NO4/c1-9-12(16(2,3)13(9)21-4)17-14(18)10-5-7-11(8-6-10)15(19)20/h9-13H,5-8H2,1-4H3,(H,17,18)(H,19,20). The van der Waals surface area contributed by atoms with E-state index in [0.717, 1.165) is 0 Å². The molecule has 2 aliphatic rings. The summed E-state index contributed by atoms with van der Waals surface area (Å²) in [5.74, 6) is -0.649. The maximum absolute atomic E-state index is 12.4. The minimum atomic E-state index is -0.731. The second kappa shape index (κ2) is 5.95. The topological polar surface area (TPSA) is 75.6 Å². The number of nitrogens with one attached hydrogen (secondary N) is 1. The van der Waals surface area contributed by atoms with Gasteiger partial charge in [-0.2, -0.15) is 0 Å². The summed E-state index contributed by atoms with van der Waals surface area (Å²) in [5.41, 5.74) is -0.0535. The molecule has 0 bridgehead atoms. The van der Waals surface area contributed by atoms with Crippen LogP contribution in [-0.4, -0.2) is 36.2 Å². The van der Waals surface area contributed by atoms with Crippen LogP contribution in [0.25, 0.3) is 0 Å². The molecule has 2 rings (SSSR count). The Balaban J connectivity index is 1.87. The van der Waals surface area contributed by atoms with E-state index in [-0.39, 0.29) is 35.3 Å². The molecule has 2 aliphatic carbocycles. The summed E-state index contributed by atoms with van der Waals surface area (Å²) in [6, 6.07) is 0.132. The Morgan fingerprint density at radius 1 is 1.14 bits per heavy atom. The van der Waals surface area contributed by atoms with Gasteiger partial charge in [0, 0.05) is 30.4 Å². The van der Waals surface area contributed by atoms with Crippen LogP contribution in [0.3, 0.4) is 0 Å². The largest absolute Gasteiger partial charge is 0.481 e. The zero-order valence-electron chi connectivity index (χ0n) is 13.4. The van der Waals surface area contributed by atoms with Crippen LogP contribution in [0, 0.1) is 23.2 Å². The highest BCUT2D eigenvalue weighted by Crippen LogP contribution is 2.47. The van der Waals surface area contributed by atoms with Gasteiger partial charge in [0.2, 0.25) is 5.91 Å². The third-order valence-electron chi connectivity index (χ3n) is 5.54. The minimum absolute atomic E-state index is 0.0369. The number of hydrogen-bond acceptors (Lipinski definition) is 3. The Labute approximate surface area is 126 Å². The van der Waals surface area contributed by atoms with Gasteiger partial charge in [-0.05, 0) is 25.7 Å². The van der Waals surface area contributed by atoms with Crippen molar-refractivity contribution < 1.29 is 19.4 Å². The van der Waals surface area contributed by atoms with Crippen molar-refractivity contribution in [3.05, 3.63) is 0 Å². The first-order valence-electron chi connectivity index (χ1n) is 7.85. The van der Waals surface area contributed by atoms with Gasteiger partial charge in [0.25, 0.3) is 0 Å². The zero-order valence-corrected chi connectivity index (χ0v) is 13.4. The van der Waals surface area contributed by atoms with Crippen LogP contribution in [0.15, 0.2) is 0 Å². The SMILES string of the molecule is COC1C(C)C(NC(=O)C2CCC(C(=O)O)CC2)C1(C)C. The third-order valence-corrected chi connectivity index (χ3v) is 5.54. The first kappa shape index (κ1) is 16.3. The van der Waals surface area contributed by atoms with E-state index in [9.17, 15) is 9.59 Å². The fourth-order valence-electron chi connectivity index (χ4n) is 4.30. The average molecular weight is 297 g/mol. The lowest BCUT2D eigenvalue weighted by Crippen LogP contribution is -2.68. The van der Waals surface area contributed by atoms with Crippen molar-refractivity contribution in [2.24, 2.45) is 23.2 Å². The van der Waals surface area contributed by atoms with E-state index < -0.39 is 5.97 Å². The summed E-state index contributed by atoms with van der Waals surface area (Å²) in [4.78, 5) is 23.4. The first-order valence-corrected chi connectivity index (χ1v) is 7.85. The van der Waals surface area contributed by atoms with E-state index >= 15 is 0 Å². The van der Waals surface area contributed by atoms with Crippen LogP contribution in [0.5, 0.6) is 0 Å². The summed E-state index contributed by atoms with van der Waals surface area (Å²) in [7, 11) is 1.72. The lowest BCUT2D eigenvalue weighted by molar-refractivity contribution is -0.157. The Kier molecular flexibility index (Phi) is 4.61. The normalized spacial score (nSPS) is 38.4. The van der Waals surface area contributed by atoms with Gasteiger partial charge in [0.1, 0.15) is 0 Å². The monoisotopic (exact) mass is 297 g/mol. The van der Waals surface area contributed by atoms with Gasteiger partial charge in [0.05, 0.1) is 12.0 Å². The molecule has 21 heavy (non-hydrogen) atoms. The number of carbonyl (C=O) groups is 2. The van der Waals surface area contributed by atoms with Gasteiger partial charge < -0.3 is 15.2 Å². The molecule has 2 fully saturated rings. The molecule has 0 aromatic carbocycles. The quantitative estimate of drug-likeness (QED) is 0.833. The molecule has 0 saturated heterocycles. The number of ether oxygens (including phenoxy) is 1. The van der Waals surface area contributed by atoms with E-state index in [1.54, 1.807) is 7.11 Å². The molecule has 2 N–H and O–H groups in total. The number of methoxy groups -OCH3 is 1. The highest BCUT2D eigenvalue weighted by molar-refractivity contribution is 5.80. The van der Waals surface area contributed by atoms with Crippen molar-refractivity contribution in [1.29, 1.82) is 0 Å². The molecule has 0 aromatic rings. The molecule has 0 spiro atoms. The molecule has 0 heterocycles. The molecular weight excluding hydrogens is 270 g/mol. The lowest BCUT2D eigenvalue weighted by Gasteiger charge is -2.56. The Morgan fingerprint density at radius 2 is 1.67 bits per heavy atom. The second-order valence-electron chi connectivity index (χ2n) is 7.21. The van der Waals surface area contributed by atoms with E-state index in [4.69, 9.17) is 9.84 Å². The molecule has 3 unspecified atom stereocenters. The summed E-state index contributed by atoms with van der Waals surface area (Å²) in [6.45, 7) is 6.34. The van der Waals surface area contributed by atoms with Gasteiger partial charge in [-0.15, -0.1) is 0 Å². The first-order chi connectivity index (χ1) is 9.78. The maximum atomic E-state index is 12.4. The predicted octanol–water partition coefficient (Wildman–Crippen LogP) is 2.05. The third kappa shape index (κ3) is 2.93. The Hall–Kier alpha value is -1.10. The number of hydrogen-bond donors (Lipinski definition) is 2. The van der Waals surface area contributed by atoms with Crippen LogP contribution in [-0.2, 0) is 14.3 Å². The molecule has 120 valence electrons. The number of carboxylic acids is 1. The molecule has 5 heteroatoms. The van der Waals surface area contributed by atoms with Crippen LogP contribution in [0.1, 0.15) is 46.5 Å². The number of rotatable bonds is 4. The van der Waals surface area contributed by atoms with Crippen molar-refractivity contribution in [2.75, 3.05) is 7.11 Å². The number of aliphatic carboxylic acids is 1. The maximum Gasteiger partial charge on any atom is 0.306 e. The zero-order chi connectivity index (χ0) is 15.8. The molecule has 5 nitrogen and oxygen atoms in total. The molecular formula is C16H27NO4. The summed E-state index contributed by atoms with van der Waals surface area (Å²) < 4.78 is 5.49. The van der Waals surface area contributed by atoms with Crippen LogP contribution >= 0.6 is 0 Å². The van der Waals surface area contributed by atoms with Gasteiger partial charge in [0.15, 0.2) is 0 Å². The molecule has 3 atom stereocenters. The predicted molar refractivity (Wildman–Crippen MR) is 78.8 cm³/mol. The highest BCUT2D eigenvalue weighted by Gasteiger charge is 2.55. The molecule has 0 radical (unpaired) electrons. The summed E-state index contributed by atoms with van der Waals surface area (Å²) >= 11 is 0. The van der Waals surface area contributed by atoms with Crippen LogP contribution in [0.4, 0.5) is 0 Å². The van der Waals surface area contributed by atoms with E-state index in [2.05, 4.69) is 26.1 Å². The highest BCUT2D eigenvalue weighted by atomic mass is 16.5. The van der Waals surface area contributed by atoms with E-state index in [0.29, 0.717) is 31.6 Å². The smallest absolute Gasteiger partial charge is 0.306 e. The van der Waals surface area contributed by atoms with Crippen molar-refractivity contribution >= 4 is 11.9 Å². The fraction of sp³-hybridized carbons (Fsp3) is 0.875. The van der Waals surface area contributed by atoms with E-state index in [1.165, 1.54) is 0 Å². The number of amides is 1. The van der Waals surface area contributed by atoms with Gasteiger partial charge in [-0.25, -0.2) is 0 Å². The Bertz CT molecular complexity index is 413. The van der Waals surface area contributed by atoms with E-state index in [1.807, 2.05) is 0 Å². The fourth-order valence-corrected chi connectivity index (χ4v) is 4.30. The van der Waals surface area contributed by atoms with Crippen LogP contribution in [0.2, 0.25) is 0 Å². The van der Waals surface area contributed by atoms with Crippen molar-refractivity contribution in [3.8, 4) is 0 Å². The molecule has 0 aromatic heterocycles. The van der Waals surface area contributed by atoms with Crippen molar-refractivity contribution in [3.63, 3.8) is 0 Å². The molecule has 1 amide bonds. The Morgan fingerprint density at radius 3 is 2.10 bits per heavy atom. The van der Waals surface area contributed by atoms with Gasteiger partial charge in [-0.1, -0.05) is 20.8 Å². The summed E-state index contributed by atoms with van der Waals surface area (Å²) in [5, 5.41) is 12.2. The minimum Gasteiger partial charge on any atom is -0.481 e. The van der Waals surface area contributed by atoms with Gasteiger partial charge >= 0.3 is 5.97 Å². The molecule has 2 saturated carbocycles. The number of carboxylic acid groups (broad SMARTS) is 1. The number of carbonyl (C=O) groups excluding carboxylic acids is 1. The lowest BCUT2D eigenvalue weighted by atomic mass is 9.57. The average Bonchev–Trinajstić information content (AvgIpc) is 2.44. The van der Waals surface area contributed by atoms with Crippen molar-refractivity contribution in [1.82, 2.24) is 5.32 Å². The molecule has 0 aliphatic heterocycles.